The molecule has 0 atom stereocenters. The molecular weight excluding hydrogens is 276 g/mol. The minimum Gasteiger partial charge on any atom is -0.0988 e. The number of fused-ring (bicyclic) bond motifs is 3. The van der Waals surface area contributed by atoms with Gasteiger partial charge in [-0.15, -0.1) is 0 Å². The van der Waals surface area contributed by atoms with Gasteiger partial charge in [-0.3, -0.25) is 0 Å². The van der Waals surface area contributed by atoms with Crippen molar-refractivity contribution in [3.8, 4) is 11.1 Å². The standard InChI is InChI=1S/C23H18/c1-3-17(2)23(18-11-5-4-6-12-18)21-15-9-7-13-19(21)20-14-8-10-16-22(20)23/h3-16H,1-2H2. The van der Waals surface area contributed by atoms with Crippen LogP contribution in [0.3, 0.4) is 0 Å². The molecule has 0 saturated carbocycles. The monoisotopic (exact) mass is 294 g/mol. The fourth-order valence-corrected chi connectivity index (χ4v) is 3.92. The van der Waals surface area contributed by atoms with Crippen molar-refractivity contribution >= 4 is 0 Å². The van der Waals surface area contributed by atoms with Gasteiger partial charge in [-0.25, -0.2) is 0 Å². The summed E-state index contributed by atoms with van der Waals surface area (Å²) < 4.78 is 0. The maximum absolute atomic E-state index is 4.38. The molecule has 23 heavy (non-hydrogen) atoms. The molecule has 3 aromatic carbocycles. The Bertz CT molecular complexity index is 855. The molecule has 0 saturated heterocycles. The van der Waals surface area contributed by atoms with Gasteiger partial charge < -0.3 is 0 Å². The van der Waals surface area contributed by atoms with E-state index in [1.54, 1.807) is 0 Å². The van der Waals surface area contributed by atoms with Crippen molar-refractivity contribution in [3.05, 3.63) is 120 Å². The Morgan fingerprint density at radius 1 is 0.696 bits per heavy atom. The third-order valence-electron chi connectivity index (χ3n) is 4.89. The molecule has 0 radical (unpaired) electrons. The second-order valence-corrected chi connectivity index (χ2v) is 5.94. The Morgan fingerprint density at radius 2 is 1.17 bits per heavy atom. The molecule has 0 amide bonds. The van der Waals surface area contributed by atoms with E-state index < -0.39 is 0 Å². The Kier molecular flexibility index (Phi) is 3.06. The van der Waals surface area contributed by atoms with Crippen molar-refractivity contribution in [2.45, 2.75) is 5.41 Å². The summed E-state index contributed by atoms with van der Waals surface area (Å²) in [6, 6.07) is 27.9. The zero-order valence-corrected chi connectivity index (χ0v) is 13.0. The maximum Gasteiger partial charge on any atom is 0.0707 e. The third kappa shape index (κ3) is 1.72. The van der Waals surface area contributed by atoms with Crippen LogP contribution in [-0.4, -0.2) is 0 Å². The first-order valence-electron chi connectivity index (χ1n) is 7.87. The lowest BCUT2D eigenvalue weighted by Crippen LogP contribution is -2.28. The minimum atomic E-state index is -0.351. The maximum atomic E-state index is 4.38. The highest BCUT2D eigenvalue weighted by Gasteiger charge is 2.45. The van der Waals surface area contributed by atoms with Crippen LogP contribution in [-0.2, 0) is 5.41 Å². The fraction of sp³-hybridized carbons (Fsp3) is 0.0435. The SMILES string of the molecule is C=CC(=C)C1(c2ccccc2)c2ccccc2-c2ccccc21. The molecule has 0 spiro atoms. The first-order valence-corrected chi connectivity index (χ1v) is 7.87. The Balaban J connectivity index is 2.19. The molecule has 1 aliphatic carbocycles. The molecule has 0 heterocycles. The molecule has 3 aromatic rings. The van der Waals surface area contributed by atoms with Crippen molar-refractivity contribution < 1.29 is 0 Å². The van der Waals surface area contributed by atoms with Crippen LogP contribution in [0.15, 0.2) is 104 Å². The molecule has 0 fully saturated rings. The van der Waals surface area contributed by atoms with Crippen LogP contribution in [0.25, 0.3) is 11.1 Å². The van der Waals surface area contributed by atoms with Gasteiger partial charge >= 0.3 is 0 Å². The molecule has 4 rings (SSSR count). The van der Waals surface area contributed by atoms with Crippen molar-refractivity contribution in [2.24, 2.45) is 0 Å². The van der Waals surface area contributed by atoms with Crippen LogP contribution in [0.5, 0.6) is 0 Å². The zero-order chi connectivity index (χ0) is 15.9. The summed E-state index contributed by atoms with van der Waals surface area (Å²) in [6.45, 7) is 8.41. The minimum absolute atomic E-state index is 0.351. The molecular formula is C23H18. The van der Waals surface area contributed by atoms with E-state index in [1.807, 2.05) is 6.08 Å². The highest BCUT2D eigenvalue weighted by atomic mass is 14.5. The second kappa shape index (κ2) is 5.10. The molecule has 0 bridgehead atoms. The highest BCUT2D eigenvalue weighted by Crippen LogP contribution is 2.55. The molecule has 1 aliphatic rings. The van der Waals surface area contributed by atoms with E-state index in [9.17, 15) is 0 Å². The normalized spacial score (nSPS) is 13.9. The molecule has 0 heteroatoms. The van der Waals surface area contributed by atoms with Crippen LogP contribution in [0.1, 0.15) is 16.7 Å². The van der Waals surface area contributed by atoms with Gasteiger partial charge in [0.2, 0.25) is 0 Å². The van der Waals surface area contributed by atoms with Crippen molar-refractivity contribution in [1.82, 2.24) is 0 Å². The lowest BCUT2D eigenvalue weighted by atomic mass is 9.68. The molecule has 0 nitrogen and oxygen atoms in total. The quantitative estimate of drug-likeness (QED) is 0.540. The van der Waals surface area contributed by atoms with Crippen molar-refractivity contribution in [2.75, 3.05) is 0 Å². The van der Waals surface area contributed by atoms with Crippen molar-refractivity contribution in [1.29, 1.82) is 0 Å². The van der Waals surface area contributed by atoms with Crippen LogP contribution in [0.4, 0.5) is 0 Å². The molecule has 0 N–H and O–H groups in total. The third-order valence-corrected chi connectivity index (χ3v) is 4.89. The van der Waals surface area contributed by atoms with E-state index in [-0.39, 0.29) is 5.41 Å². The largest absolute Gasteiger partial charge is 0.0988 e. The average molecular weight is 294 g/mol. The molecule has 0 unspecified atom stereocenters. The van der Waals surface area contributed by atoms with Crippen LogP contribution >= 0.6 is 0 Å². The summed E-state index contributed by atoms with van der Waals surface area (Å²) in [4.78, 5) is 0. The van der Waals surface area contributed by atoms with Gasteiger partial charge in [-0.05, 0) is 33.4 Å². The number of hydrogen-bond donors (Lipinski definition) is 0. The summed E-state index contributed by atoms with van der Waals surface area (Å²) in [6.07, 6.45) is 1.89. The first-order chi connectivity index (χ1) is 11.3. The Labute approximate surface area is 137 Å². The fourth-order valence-electron chi connectivity index (χ4n) is 3.92. The summed E-state index contributed by atoms with van der Waals surface area (Å²) in [5.74, 6) is 0. The molecule has 0 aromatic heterocycles. The van der Waals surface area contributed by atoms with Gasteiger partial charge in [0, 0.05) is 0 Å². The average Bonchev–Trinajstić information content (AvgIpc) is 2.93. The summed E-state index contributed by atoms with van der Waals surface area (Å²) in [7, 11) is 0. The number of hydrogen-bond acceptors (Lipinski definition) is 0. The van der Waals surface area contributed by atoms with E-state index >= 15 is 0 Å². The van der Waals surface area contributed by atoms with Crippen LogP contribution < -0.4 is 0 Å². The summed E-state index contributed by atoms with van der Waals surface area (Å²) in [5, 5.41) is 0. The number of allylic oxidation sites excluding steroid dienone is 2. The number of benzene rings is 3. The van der Waals surface area contributed by atoms with Gasteiger partial charge in [-0.2, -0.15) is 0 Å². The van der Waals surface area contributed by atoms with E-state index in [0.29, 0.717) is 0 Å². The lowest BCUT2D eigenvalue weighted by molar-refractivity contribution is 0.771. The predicted molar refractivity (Wildman–Crippen MR) is 97.5 cm³/mol. The van der Waals surface area contributed by atoms with Gasteiger partial charge in [0.1, 0.15) is 0 Å². The summed E-state index contributed by atoms with van der Waals surface area (Å²) in [5.41, 5.74) is 7.05. The zero-order valence-electron chi connectivity index (χ0n) is 13.0. The molecule has 110 valence electrons. The Morgan fingerprint density at radius 3 is 1.70 bits per heavy atom. The summed E-state index contributed by atoms with van der Waals surface area (Å²) >= 11 is 0. The predicted octanol–water partition coefficient (Wildman–Crippen LogP) is 5.74. The van der Waals surface area contributed by atoms with E-state index in [1.165, 1.54) is 27.8 Å². The first kappa shape index (κ1) is 13.8. The Hall–Kier alpha value is -2.86. The van der Waals surface area contributed by atoms with Gasteiger partial charge in [0.05, 0.1) is 5.41 Å². The van der Waals surface area contributed by atoms with Gasteiger partial charge in [0.15, 0.2) is 0 Å². The lowest BCUT2D eigenvalue weighted by Gasteiger charge is -2.33. The van der Waals surface area contributed by atoms with E-state index in [0.717, 1.165) is 5.57 Å². The van der Waals surface area contributed by atoms with Gasteiger partial charge in [-0.1, -0.05) is 98.1 Å². The van der Waals surface area contributed by atoms with Crippen LogP contribution in [0, 0.1) is 0 Å². The highest BCUT2D eigenvalue weighted by molar-refractivity contribution is 5.86. The number of rotatable bonds is 3. The van der Waals surface area contributed by atoms with Gasteiger partial charge in [0.25, 0.3) is 0 Å². The van der Waals surface area contributed by atoms with Crippen molar-refractivity contribution in [3.63, 3.8) is 0 Å². The smallest absolute Gasteiger partial charge is 0.0707 e. The van der Waals surface area contributed by atoms with Crippen LogP contribution in [0.2, 0.25) is 0 Å². The second-order valence-electron chi connectivity index (χ2n) is 5.94. The molecule has 0 aliphatic heterocycles. The topological polar surface area (TPSA) is 0 Å². The van der Waals surface area contributed by atoms with E-state index in [4.69, 9.17) is 0 Å². The van der Waals surface area contributed by atoms with E-state index in [2.05, 4.69) is 92.0 Å².